The van der Waals surface area contributed by atoms with Gasteiger partial charge in [-0.1, -0.05) is 48.5 Å². The zero-order valence-electron chi connectivity index (χ0n) is 19.8. The molecule has 0 radical (unpaired) electrons. The highest BCUT2D eigenvalue weighted by molar-refractivity contribution is 5.88. The summed E-state index contributed by atoms with van der Waals surface area (Å²) in [4.78, 5) is 39.6. The third-order valence-corrected chi connectivity index (χ3v) is 6.19. The number of nitrogens with zero attached hydrogens (tertiary/aromatic N) is 1. The number of hydrogen-bond acceptors (Lipinski definition) is 5. The van der Waals surface area contributed by atoms with Crippen molar-refractivity contribution in [3.63, 3.8) is 0 Å². The first kappa shape index (κ1) is 25.2. The summed E-state index contributed by atoms with van der Waals surface area (Å²) >= 11 is 0. The summed E-state index contributed by atoms with van der Waals surface area (Å²) in [6.07, 6.45) is 1.58. The zero-order valence-corrected chi connectivity index (χ0v) is 19.8. The molecule has 0 aliphatic carbocycles. The van der Waals surface area contributed by atoms with Crippen molar-refractivity contribution in [2.24, 2.45) is 11.7 Å². The van der Waals surface area contributed by atoms with Crippen LogP contribution in [0.15, 0.2) is 54.6 Å². The van der Waals surface area contributed by atoms with E-state index in [4.69, 9.17) is 10.5 Å². The second-order valence-electron chi connectivity index (χ2n) is 8.66. The summed E-state index contributed by atoms with van der Waals surface area (Å²) in [6, 6.07) is 15.9. The molecule has 8 nitrogen and oxygen atoms in total. The van der Waals surface area contributed by atoms with E-state index in [0.29, 0.717) is 44.6 Å². The average Bonchev–Trinajstić information content (AvgIpc) is 2.87. The summed E-state index contributed by atoms with van der Waals surface area (Å²) in [5.74, 6) is -0.0608. The van der Waals surface area contributed by atoms with Crippen molar-refractivity contribution in [3.05, 3.63) is 65.7 Å². The SMILES string of the molecule is COc1ccccc1CNC(=O)[C@H](C)NC(=O)C1CCN(C(=O)[C@@H](N)Cc2ccccc2)CC1. The van der Waals surface area contributed by atoms with Gasteiger partial charge in [-0.05, 0) is 37.8 Å². The molecule has 0 bridgehead atoms. The molecule has 3 amide bonds. The number of carbonyl (C=O) groups is 3. The maximum absolute atomic E-state index is 12.7. The molecule has 2 atom stereocenters. The Morgan fingerprint density at radius 2 is 1.71 bits per heavy atom. The third-order valence-electron chi connectivity index (χ3n) is 6.19. The van der Waals surface area contributed by atoms with E-state index in [0.717, 1.165) is 11.1 Å². The van der Waals surface area contributed by atoms with Gasteiger partial charge in [0.25, 0.3) is 0 Å². The van der Waals surface area contributed by atoms with Crippen LogP contribution in [-0.2, 0) is 27.3 Å². The van der Waals surface area contributed by atoms with Gasteiger partial charge in [0.05, 0.1) is 13.2 Å². The minimum Gasteiger partial charge on any atom is -0.496 e. The monoisotopic (exact) mass is 466 g/mol. The lowest BCUT2D eigenvalue weighted by Gasteiger charge is -2.33. The fraction of sp³-hybridized carbons (Fsp3) is 0.423. The molecule has 1 fully saturated rings. The molecule has 0 aromatic heterocycles. The van der Waals surface area contributed by atoms with Crippen LogP contribution in [0.25, 0.3) is 0 Å². The molecule has 8 heteroatoms. The Labute approximate surface area is 200 Å². The number of methoxy groups -OCH3 is 1. The van der Waals surface area contributed by atoms with Crippen LogP contribution in [-0.4, -0.2) is 54.9 Å². The van der Waals surface area contributed by atoms with Crippen molar-refractivity contribution in [2.45, 2.75) is 44.8 Å². The van der Waals surface area contributed by atoms with Crippen molar-refractivity contribution in [2.75, 3.05) is 20.2 Å². The third kappa shape index (κ3) is 6.81. The molecule has 1 saturated heterocycles. The van der Waals surface area contributed by atoms with Crippen molar-refractivity contribution < 1.29 is 19.1 Å². The number of amides is 3. The second kappa shape index (κ2) is 12.2. The normalized spacial score (nSPS) is 15.8. The predicted molar refractivity (Wildman–Crippen MR) is 130 cm³/mol. The number of benzene rings is 2. The van der Waals surface area contributed by atoms with E-state index in [1.54, 1.807) is 18.9 Å². The molecule has 0 unspecified atom stereocenters. The minimum absolute atomic E-state index is 0.0909. The number of para-hydroxylation sites is 1. The van der Waals surface area contributed by atoms with E-state index < -0.39 is 12.1 Å². The fourth-order valence-electron chi connectivity index (χ4n) is 4.13. The molecule has 1 aliphatic rings. The van der Waals surface area contributed by atoms with Crippen LogP contribution in [0.2, 0.25) is 0 Å². The van der Waals surface area contributed by atoms with E-state index in [1.165, 1.54) is 0 Å². The quantitative estimate of drug-likeness (QED) is 0.520. The van der Waals surface area contributed by atoms with Gasteiger partial charge in [-0.2, -0.15) is 0 Å². The zero-order chi connectivity index (χ0) is 24.5. The molecule has 0 spiro atoms. The van der Waals surface area contributed by atoms with Crippen molar-refractivity contribution in [1.82, 2.24) is 15.5 Å². The van der Waals surface area contributed by atoms with Gasteiger partial charge in [0.15, 0.2) is 0 Å². The minimum atomic E-state index is -0.666. The van der Waals surface area contributed by atoms with E-state index in [1.807, 2.05) is 54.6 Å². The lowest BCUT2D eigenvalue weighted by Crippen LogP contribution is -2.51. The van der Waals surface area contributed by atoms with Gasteiger partial charge in [0.1, 0.15) is 11.8 Å². The molecule has 1 heterocycles. The summed E-state index contributed by atoms with van der Waals surface area (Å²) < 4.78 is 5.29. The standard InChI is InChI=1S/C26H34N4O4/c1-18(24(31)28-17-21-10-6-7-11-23(21)34-2)29-25(32)20-12-14-30(15-13-20)26(33)22(27)16-19-8-4-3-5-9-19/h3-11,18,20,22H,12-17,27H2,1-2H3,(H,28,31)(H,29,32)/t18-,22-/m0/s1. The van der Waals surface area contributed by atoms with Gasteiger partial charge in [-0.3, -0.25) is 14.4 Å². The molecule has 34 heavy (non-hydrogen) atoms. The Morgan fingerprint density at radius 1 is 1.06 bits per heavy atom. The summed E-state index contributed by atoms with van der Waals surface area (Å²) in [6.45, 7) is 2.94. The van der Waals surface area contributed by atoms with E-state index >= 15 is 0 Å². The molecule has 2 aromatic rings. The highest BCUT2D eigenvalue weighted by Crippen LogP contribution is 2.19. The first-order valence-corrected chi connectivity index (χ1v) is 11.7. The maximum atomic E-state index is 12.7. The molecule has 2 aromatic carbocycles. The fourth-order valence-corrected chi connectivity index (χ4v) is 4.13. The Balaban J connectivity index is 1.42. The van der Waals surface area contributed by atoms with Crippen LogP contribution < -0.4 is 21.1 Å². The number of carbonyl (C=O) groups excluding carboxylic acids is 3. The Bertz CT molecular complexity index is 974. The van der Waals surface area contributed by atoms with Crippen molar-refractivity contribution in [1.29, 1.82) is 0 Å². The van der Waals surface area contributed by atoms with Gasteiger partial charge in [0, 0.05) is 31.1 Å². The average molecular weight is 467 g/mol. The molecule has 182 valence electrons. The van der Waals surface area contributed by atoms with Gasteiger partial charge < -0.3 is 26.0 Å². The summed E-state index contributed by atoms with van der Waals surface area (Å²) in [5, 5.41) is 5.64. The molecule has 3 rings (SSSR count). The van der Waals surface area contributed by atoms with Gasteiger partial charge in [-0.25, -0.2) is 0 Å². The van der Waals surface area contributed by atoms with Crippen LogP contribution in [0.4, 0.5) is 0 Å². The van der Waals surface area contributed by atoms with Crippen molar-refractivity contribution in [3.8, 4) is 5.75 Å². The number of ether oxygens (including phenoxy) is 1. The summed E-state index contributed by atoms with van der Waals surface area (Å²) in [7, 11) is 1.58. The number of rotatable bonds is 9. The van der Waals surface area contributed by atoms with E-state index in [-0.39, 0.29) is 23.6 Å². The van der Waals surface area contributed by atoms with Gasteiger partial charge in [-0.15, -0.1) is 0 Å². The molecule has 1 aliphatic heterocycles. The number of piperidine rings is 1. The number of hydrogen-bond donors (Lipinski definition) is 3. The molecule has 4 N–H and O–H groups in total. The topological polar surface area (TPSA) is 114 Å². The van der Waals surface area contributed by atoms with Crippen LogP contribution >= 0.6 is 0 Å². The maximum Gasteiger partial charge on any atom is 0.242 e. The summed E-state index contributed by atoms with van der Waals surface area (Å²) in [5.41, 5.74) is 8.02. The molecule has 0 saturated carbocycles. The van der Waals surface area contributed by atoms with E-state index in [9.17, 15) is 14.4 Å². The largest absolute Gasteiger partial charge is 0.496 e. The lowest BCUT2D eigenvalue weighted by molar-refractivity contribution is -0.137. The van der Waals surface area contributed by atoms with Crippen LogP contribution in [0.5, 0.6) is 5.75 Å². The van der Waals surface area contributed by atoms with Gasteiger partial charge in [0.2, 0.25) is 17.7 Å². The number of nitrogens with one attached hydrogen (secondary N) is 2. The Hall–Kier alpha value is -3.39. The first-order chi connectivity index (χ1) is 16.4. The molecular formula is C26H34N4O4. The van der Waals surface area contributed by atoms with Crippen molar-refractivity contribution >= 4 is 17.7 Å². The van der Waals surface area contributed by atoms with Crippen LogP contribution in [0, 0.1) is 5.92 Å². The van der Waals surface area contributed by atoms with E-state index in [2.05, 4.69) is 10.6 Å². The number of likely N-dealkylation sites (tertiary alicyclic amines) is 1. The van der Waals surface area contributed by atoms with Crippen LogP contribution in [0.1, 0.15) is 30.9 Å². The Morgan fingerprint density at radius 3 is 2.38 bits per heavy atom. The predicted octanol–water partition coefficient (Wildman–Crippen LogP) is 1.62. The number of nitrogens with two attached hydrogens (primary N) is 1. The first-order valence-electron chi connectivity index (χ1n) is 11.7. The van der Waals surface area contributed by atoms with Gasteiger partial charge >= 0.3 is 0 Å². The van der Waals surface area contributed by atoms with Crippen LogP contribution in [0.3, 0.4) is 0 Å². The Kier molecular flexibility index (Phi) is 9.04. The second-order valence-corrected chi connectivity index (χ2v) is 8.66. The smallest absolute Gasteiger partial charge is 0.242 e. The lowest BCUT2D eigenvalue weighted by atomic mass is 9.94. The molecular weight excluding hydrogens is 432 g/mol. The highest BCUT2D eigenvalue weighted by Gasteiger charge is 2.30. The highest BCUT2D eigenvalue weighted by atomic mass is 16.5.